The molecule has 1 amide bonds. The molecule has 0 radical (unpaired) electrons. The molecule has 0 unspecified atom stereocenters. The van der Waals surface area contributed by atoms with Crippen molar-refractivity contribution in [1.82, 2.24) is 19.8 Å². The number of hydrogen-bond acceptors (Lipinski definition) is 4. The van der Waals surface area contributed by atoms with Gasteiger partial charge >= 0.3 is 5.69 Å². The molecule has 0 aromatic carbocycles. The van der Waals surface area contributed by atoms with Crippen LogP contribution >= 0.6 is 0 Å². The van der Waals surface area contributed by atoms with Crippen molar-refractivity contribution in [2.24, 2.45) is 11.8 Å². The molecule has 3 rings (SSSR count). The summed E-state index contributed by atoms with van der Waals surface area (Å²) in [4.78, 5) is 30.4. The van der Waals surface area contributed by atoms with Crippen LogP contribution in [0.2, 0.25) is 0 Å². The summed E-state index contributed by atoms with van der Waals surface area (Å²) in [6.45, 7) is 6.51. The van der Waals surface area contributed by atoms with Gasteiger partial charge in [-0.25, -0.2) is 9.78 Å². The van der Waals surface area contributed by atoms with E-state index in [4.69, 9.17) is 0 Å². The van der Waals surface area contributed by atoms with Crippen molar-refractivity contribution in [1.29, 1.82) is 0 Å². The Morgan fingerprint density at radius 3 is 2.72 bits per heavy atom. The molecule has 1 aromatic heterocycles. The minimum Gasteiger partial charge on any atom is -0.350 e. The first-order valence-corrected chi connectivity index (χ1v) is 9.59. The average molecular weight is 346 g/mol. The molecule has 6 heteroatoms. The van der Waals surface area contributed by atoms with E-state index in [9.17, 15) is 9.59 Å². The number of carbonyl (C=O) groups excluding carboxylic acids is 1. The maximum Gasteiger partial charge on any atom is 0.347 e. The van der Waals surface area contributed by atoms with Crippen LogP contribution < -0.4 is 11.0 Å². The van der Waals surface area contributed by atoms with Gasteiger partial charge in [-0.05, 0) is 30.7 Å². The molecule has 0 bridgehead atoms. The molecule has 2 aliphatic rings. The summed E-state index contributed by atoms with van der Waals surface area (Å²) in [6, 6.07) is 2.52. The molecule has 1 N–H and O–H groups in total. The van der Waals surface area contributed by atoms with Crippen LogP contribution in [0.25, 0.3) is 0 Å². The third kappa shape index (κ3) is 4.48. The van der Waals surface area contributed by atoms with Crippen molar-refractivity contribution in [2.75, 3.05) is 13.1 Å². The topological polar surface area (TPSA) is 67.2 Å². The fraction of sp³-hybridized carbons (Fsp3) is 0.737. The van der Waals surface area contributed by atoms with E-state index in [-0.39, 0.29) is 24.2 Å². The van der Waals surface area contributed by atoms with Gasteiger partial charge in [0.05, 0.1) is 0 Å². The zero-order valence-electron chi connectivity index (χ0n) is 15.4. The summed E-state index contributed by atoms with van der Waals surface area (Å²) in [7, 11) is 0. The van der Waals surface area contributed by atoms with Crippen LogP contribution in [0.15, 0.2) is 23.3 Å². The molecular formula is C19H30N4O2. The molecule has 2 atom stereocenters. The number of nitrogens with one attached hydrogen (secondary N) is 1. The van der Waals surface area contributed by atoms with E-state index in [1.54, 1.807) is 12.3 Å². The fourth-order valence-corrected chi connectivity index (χ4v) is 4.35. The fourth-order valence-electron chi connectivity index (χ4n) is 4.35. The van der Waals surface area contributed by atoms with Crippen molar-refractivity contribution in [3.05, 3.63) is 28.9 Å². The number of amides is 1. The van der Waals surface area contributed by atoms with Crippen LogP contribution in [0.3, 0.4) is 0 Å². The van der Waals surface area contributed by atoms with E-state index < -0.39 is 0 Å². The molecule has 2 heterocycles. The van der Waals surface area contributed by atoms with E-state index in [2.05, 4.69) is 29.0 Å². The van der Waals surface area contributed by atoms with Crippen LogP contribution in [-0.4, -0.2) is 45.5 Å². The maximum atomic E-state index is 12.5. The van der Waals surface area contributed by atoms with E-state index in [1.807, 2.05) is 0 Å². The van der Waals surface area contributed by atoms with Gasteiger partial charge in [-0.1, -0.05) is 33.1 Å². The molecule has 6 nitrogen and oxygen atoms in total. The highest BCUT2D eigenvalue weighted by atomic mass is 16.2. The number of likely N-dealkylation sites (tertiary alicyclic amines) is 1. The van der Waals surface area contributed by atoms with E-state index in [0.717, 1.165) is 13.1 Å². The lowest BCUT2D eigenvalue weighted by atomic mass is 9.91. The zero-order valence-corrected chi connectivity index (χ0v) is 15.4. The quantitative estimate of drug-likeness (QED) is 0.880. The third-order valence-corrected chi connectivity index (χ3v) is 5.78. The van der Waals surface area contributed by atoms with E-state index in [1.165, 1.54) is 42.9 Å². The largest absolute Gasteiger partial charge is 0.350 e. The predicted octanol–water partition coefficient (Wildman–Crippen LogP) is 1.65. The Labute approximate surface area is 149 Å². The molecule has 0 spiro atoms. The van der Waals surface area contributed by atoms with Gasteiger partial charge in [0, 0.05) is 37.6 Å². The third-order valence-electron chi connectivity index (χ3n) is 5.78. The van der Waals surface area contributed by atoms with Crippen LogP contribution in [0, 0.1) is 11.8 Å². The minimum atomic E-state index is -0.381. The van der Waals surface area contributed by atoms with Gasteiger partial charge in [0.2, 0.25) is 5.91 Å². The molecule has 25 heavy (non-hydrogen) atoms. The Kier molecular flexibility index (Phi) is 5.89. The van der Waals surface area contributed by atoms with Gasteiger partial charge in [-0.2, -0.15) is 0 Å². The normalized spacial score (nSPS) is 25.4. The Hall–Kier alpha value is -1.69. The lowest BCUT2D eigenvalue weighted by Gasteiger charge is -2.31. The number of nitrogens with zero attached hydrogens (tertiary/aromatic N) is 3. The summed E-state index contributed by atoms with van der Waals surface area (Å²) < 4.78 is 1.35. The smallest absolute Gasteiger partial charge is 0.347 e. The van der Waals surface area contributed by atoms with Crippen LogP contribution in [0.5, 0.6) is 0 Å². The number of aromatic nitrogens is 2. The number of hydrogen-bond donors (Lipinski definition) is 1. The first-order chi connectivity index (χ1) is 12.0. The van der Waals surface area contributed by atoms with Crippen molar-refractivity contribution in [3.8, 4) is 0 Å². The second kappa shape index (κ2) is 8.13. The first kappa shape index (κ1) is 18.1. The van der Waals surface area contributed by atoms with Crippen molar-refractivity contribution >= 4 is 5.91 Å². The molecule has 1 aromatic rings. The lowest BCUT2D eigenvalue weighted by molar-refractivity contribution is -0.122. The standard InChI is InChI=1S/C19H30N4O2/c1-14(2)16-11-23(15-7-4-3-5-8-15)12-17(16)21-18(24)13-22-10-6-9-20-19(22)25/h6,9-10,14-17H,3-5,7-8,11-13H2,1-2H3,(H,21,24)/t16-,17+/m1/s1. The number of rotatable bonds is 5. The van der Waals surface area contributed by atoms with Crippen LogP contribution in [0.1, 0.15) is 46.0 Å². The second-order valence-corrected chi connectivity index (χ2v) is 7.86. The Balaban J connectivity index is 1.62. The Bertz CT molecular complexity index is 636. The number of carbonyl (C=O) groups is 1. The molecule has 1 aliphatic heterocycles. The summed E-state index contributed by atoms with van der Waals surface area (Å²) >= 11 is 0. The monoisotopic (exact) mass is 346 g/mol. The van der Waals surface area contributed by atoms with Crippen molar-refractivity contribution < 1.29 is 4.79 Å². The molecule has 1 saturated heterocycles. The second-order valence-electron chi connectivity index (χ2n) is 7.86. The SMILES string of the molecule is CC(C)[C@H]1CN(C2CCCCC2)C[C@@H]1NC(=O)Cn1cccnc1=O. The van der Waals surface area contributed by atoms with Crippen molar-refractivity contribution in [2.45, 2.75) is 64.6 Å². The van der Waals surface area contributed by atoms with Gasteiger partial charge in [0.15, 0.2) is 0 Å². The lowest BCUT2D eigenvalue weighted by Crippen LogP contribution is -2.45. The summed E-state index contributed by atoms with van der Waals surface area (Å²) in [6.07, 6.45) is 9.65. The Morgan fingerprint density at radius 2 is 2.04 bits per heavy atom. The molecule has 1 saturated carbocycles. The van der Waals surface area contributed by atoms with E-state index >= 15 is 0 Å². The maximum absolute atomic E-state index is 12.5. The van der Waals surface area contributed by atoms with Crippen LogP contribution in [0.4, 0.5) is 0 Å². The van der Waals surface area contributed by atoms with Gasteiger partial charge < -0.3 is 5.32 Å². The van der Waals surface area contributed by atoms with Crippen LogP contribution in [-0.2, 0) is 11.3 Å². The Morgan fingerprint density at radius 1 is 1.28 bits per heavy atom. The molecule has 138 valence electrons. The first-order valence-electron chi connectivity index (χ1n) is 9.59. The van der Waals surface area contributed by atoms with Gasteiger partial charge in [-0.15, -0.1) is 0 Å². The van der Waals surface area contributed by atoms with Crippen molar-refractivity contribution in [3.63, 3.8) is 0 Å². The molecule has 1 aliphatic carbocycles. The van der Waals surface area contributed by atoms with Gasteiger partial charge in [0.25, 0.3) is 0 Å². The molecular weight excluding hydrogens is 316 g/mol. The average Bonchev–Trinajstić information content (AvgIpc) is 3.02. The summed E-state index contributed by atoms with van der Waals surface area (Å²) in [5.74, 6) is 0.896. The molecule has 2 fully saturated rings. The zero-order chi connectivity index (χ0) is 17.8. The predicted molar refractivity (Wildman–Crippen MR) is 97.2 cm³/mol. The van der Waals surface area contributed by atoms with Gasteiger partial charge in [-0.3, -0.25) is 14.3 Å². The van der Waals surface area contributed by atoms with E-state index in [0.29, 0.717) is 17.9 Å². The highest BCUT2D eigenvalue weighted by molar-refractivity contribution is 5.76. The highest BCUT2D eigenvalue weighted by Gasteiger charge is 2.38. The minimum absolute atomic E-state index is 0.0391. The summed E-state index contributed by atoms with van der Waals surface area (Å²) in [5.41, 5.74) is -0.381. The highest BCUT2D eigenvalue weighted by Crippen LogP contribution is 2.31. The summed E-state index contributed by atoms with van der Waals surface area (Å²) in [5, 5.41) is 3.19. The van der Waals surface area contributed by atoms with Gasteiger partial charge in [0.1, 0.15) is 6.54 Å².